The van der Waals surface area contributed by atoms with Gasteiger partial charge in [-0.1, -0.05) is 115 Å². The molecule has 0 aliphatic rings. The van der Waals surface area contributed by atoms with Crippen LogP contribution in [0, 0.1) is 6.92 Å². The lowest BCUT2D eigenvalue weighted by Gasteiger charge is -2.30. The van der Waals surface area contributed by atoms with Crippen molar-refractivity contribution in [3.05, 3.63) is 127 Å². The highest BCUT2D eigenvalue weighted by molar-refractivity contribution is 7.23. The molecule has 37 heavy (non-hydrogen) atoms. The van der Waals surface area contributed by atoms with Gasteiger partial charge in [-0.15, -0.1) is 0 Å². The van der Waals surface area contributed by atoms with Crippen LogP contribution in [-0.2, 0) is 0 Å². The molecule has 0 radical (unpaired) electrons. The van der Waals surface area contributed by atoms with Crippen molar-refractivity contribution in [2.45, 2.75) is 13.5 Å². The summed E-state index contributed by atoms with van der Waals surface area (Å²) in [5.41, 5.74) is 7.23. The maximum absolute atomic E-state index is 4.97. The van der Waals surface area contributed by atoms with Gasteiger partial charge in [0.2, 0.25) is 0 Å². The Balaban J connectivity index is 1.44. The topological polar surface area (TPSA) is 17.3 Å². The van der Waals surface area contributed by atoms with Gasteiger partial charge in [0.25, 0.3) is 0 Å². The minimum absolute atomic E-state index is 1.05. The Morgan fingerprint density at radius 3 is 2.03 bits per heavy atom. The van der Waals surface area contributed by atoms with E-state index >= 15 is 0 Å². The van der Waals surface area contributed by atoms with Gasteiger partial charge in [-0.25, -0.2) is 4.98 Å². The van der Waals surface area contributed by atoms with E-state index in [0.717, 1.165) is 10.5 Å². The van der Waals surface area contributed by atoms with Crippen molar-refractivity contribution in [1.82, 2.24) is 9.38 Å². The molecule has 0 aliphatic heterocycles. The van der Waals surface area contributed by atoms with Gasteiger partial charge < -0.3 is 0 Å². The van der Waals surface area contributed by atoms with Crippen LogP contribution in [0.3, 0.4) is 0 Å². The number of hydrogen-bond acceptors (Lipinski definition) is 2. The average Bonchev–Trinajstić information content (AvgIpc) is 3.48. The number of para-hydroxylation sites is 1. The predicted octanol–water partition coefficient (Wildman–Crippen LogP) is 6.78. The second-order valence-corrected chi connectivity index (χ2v) is 14.9. The molecule has 2 heterocycles. The van der Waals surface area contributed by atoms with Gasteiger partial charge in [-0.05, 0) is 63.4 Å². The van der Waals surface area contributed by atoms with Crippen LogP contribution in [0.1, 0.15) is 5.56 Å². The summed E-state index contributed by atoms with van der Waals surface area (Å²) in [6.45, 7) is 4.68. The van der Waals surface area contributed by atoms with Gasteiger partial charge in [0, 0.05) is 0 Å². The van der Waals surface area contributed by atoms with E-state index in [0.29, 0.717) is 0 Å². The first-order valence-electron chi connectivity index (χ1n) is 12.7. The molecule has 0 atom stereocenters. The maximum Gasteiger partial charge on any atom is 0.195 e. The molecule has 0 unspecified atom stereocenters. The van der Waals surface area contributed by atoms with Crippen molar-refractivity contribution in [2.24, 2.45) is 0 Å². The second-order valence-electron chi connectivity index (χ2n) is 9.89. The van der Waals surface area contributed by atoms with E-state index in [1.165, 1.54) is 48.0 Å². The first kappa shape index (κ1) is 22.2. The molecule has 5 aromatic carbocycles. The molecule has 4 heteroatoms. The van der Waals surface area contributed by atoms with Crippen molar-refractivity contribution < 1.29 is 0 Å². The second kappa shape index (κ2) is 8.55. The van der Waals surface area contributed by atoms with Gasteiger partial charge in [0.1, 0.15) is 8.07 Å². The Morgan fingerprint density at radius 2 is 1.30 bits per heavy atom. The highest BCUT2D eigenvalue weighted by Gasteiger charge is 2.34. The third kappa shape index (κ3) is 3.48. The molecule has 2 nitrogen and oxygen atoms in total. The van der Waals surface area contributed by atoms with E-state index in [1.807, 2.05) is 0 Å². The fourth-order valence-corrected chi connectivity index (χ4v) is 10.3. The van der Waals surface area contributed by atoms with Crippen LogP contribution in [0.5, 0.6) is 0 Å². The van der Waals surface area contributed by atoms with Crippen LogP contribution in [-0.4, -0.2) is 17.5 Å². The molecule has 0 spiro atoms. The molecule has 0 fully saturated rings. The number of imidazole rings is 1. The van der Waals surface area contributed by atoms with Crippen LogP contribution < -0.4 is 15.6 Å². The van der Waals surface area contributed by atoms with Gasteiger partial charge >= 0.3 is 0 Å². The van der Waals surface area contributed by atoms with Crippen LogP contribution in [0.15, 0.2) is 121 Å². The molecule has 0 aliphatic carbocycles. The molecule has 0 saturated carbocycles. The van der Waals surface area contributed by atoms with Gasteiger partial charge in [0.05, 0.1) is 21.3 Å². The van der Waals surface area contributed by atoms with Gasteiger partial charge in [0.15, 0.2) is 4.96 Å². The van der Waals surface area contributed by atoms with Crippen molar-refractivity contribution in [2.75, 3.05) is 0 Å². The minimum atomic E-state index is -2.19. The summed E-state index contributed by atoms with van der Waals surface area (Å²) in [5, 5.41) is 4.27. The van der Waals surface area contributed by atoms with Crippen LogP contribution in [0.4, 0.5) is 0 Å². The zero-order valence-corrected chi connectivity index (χ0v) is 22.7. The molecule has 2 aromatic heterocycles. The molecule has 0 amide bonds. The maximum atomic E-state index is 4.97. The molecule has 178 valence electrons. The predicted molar refractivity (Wildman–Crippen MR) is 162 cm³/mol. The smallest absolute Gasteiger partial charge is 0.195 e. The number of nitrogens with zero attached hydrogens (tertiary/aromatic N) is 2. The third-order valence-corrected chi connectivity index (χ3v) is 13.2. The molecule has 0 saturated heterocycles. The Labute approximate surface area is 221 Å². The van der Waals surface area contributed by atoms with E-state index in [4.69, 9.17) is 4.98 Å². The Kier molecular flexibility index (Phi) is 5.13. The van der Waals surface area contributed by atoms with Crippen molar-refractivity contribution in [1.29, 1.82) is 0 Å². The number of benzene rings is 5. The Morgan fingerprint density at radius 1 is 0.649 bits per heavy atom. The van der Waals surface area contributed by atoms with Crippen molar-refractivity contribution in [3.63, 3.8) is 0 Å². The normalized spacial score (nSPS) is 12.1. The van der Waals surface area contributed by atoms with Gasteiger partial charge in [-0.3, -0.25) is 4.40 Å². The standard InChI is InChI=1S/C33H26N2SSi/c1-23-20-29-31(35-30-18-9-10-19-32(30)36-33(35)34-29)22-28(23)24-12-11-17-27(21-24)37(2,25-13-5-3-6-14-25)26-15-7-4-8-16-26/h3-22H,1-2H3. The highest BCUT2D eigenvalue weighted by Crippen LogP contribution is 2.34. The summed E-state index contributed by atoms with van der Waals surface area (Å²) in [6, 6.07) is 44.5. The van der Waals surface area contributed by atoms with Gasteiger partial charge in [-0.2, -0.15) is 0 Å². The summed E-state index contributed by atoms with van der Waals surface area (Å²) < 4.78 is 3.58. The number of rotatable bonds is 4. The highest BCUT2D eigenvalue weighted by atomic mass is 32.1. The van der Waals surface area contributed by atoms with E-state index < -0.39 is 8.07 Å². The number of aromatic nitrogens is 2. The molecule has 7 rings (SSSR count). The van der Waals surface area contributed by atoms with Crippen molar-refractivity contribution >= 4 is 61.2 Å². The fraction of sp³-hybridized carbons (Fsp3) is 0.0606. The van der Waals surface area contributed by atoms with Crippen LogP contribution in [0.25, 0.3) is 37.3 Å². The fourth-order valence-electron chi connectivity index (χ4n) is 5.69. The number of fused-ring (bicyclic) bond motifs is 5. The Hall–Kier alpha value is -3.99. The lowest BCUT2D eigenvalue weighted by Crippen LogP contribution is -2.64. The van der Waals surface area contributed by atoms with E-state index in [-0.39, 0.29) is 0 Å². The van der Waals surface area contributed by atoms with Crippen LogP contribution >= 0.6 is 11.3 Å². The summed E-state index contributed by atoms with van der Waals surface area (Å²) in [6.07, 6.45) is 0. The summed E-state index contributed by atoms with van der Waals surface area (Å²) in [4.78, 5) is 6.02. The summed E-state index contributed by atoms with van der Waals surface area (Å²) >= 11 is 1.75. The zero-order chi connectivity index (χ0) is 25.0. The molecule has 7 aromatic rings. The summed E-state index contributed by atoms with van der Waals surface area (Å²) in [7, 11) is -2.19. The molecular formula is C33H26N2SSi. The molecular weight excluding hydrogens is 485 g/mol. The average molecular weight is 511 g/mol. The first-order chi connectivity index (χ1) is 18.1. The van der Waals surface area contributed by atoms with E-state index in [9.17, 15) is 0 Å². The van der Waals surface area contributed by atoms with Crippen LogP contribution in [0.2, 0.25) is 6.55 Å². The third-order valence-electron chi connectivity index (χ3n) is 7.73. The number of hydrogen-bond donors (Lipinski definition) is 0. The van der Waals surface area contributed by atoms with E-state index in [1.54, 1.807) is 11.3 Å². The van der Waals surface area contributed by atoms with Crippen molar-refractivity contribution in [3.8, 4) is 11.1 Å². The molecule has 0 bridgehead atoms. The minimum Gasteiger partial charge on any atom is -0.283 e. The monoisotopic (exact) mass is 510 g/mol. The number of thiazole rings is 1. The zero-order valence-electron chi connectivity index (χ0n) is 20.8. The Bertz CT molecular complexity index is 1860. The first-order valence-corrected chi connectivity index (χ1v) is 16.0. The largest absolute Gasteiger partial charge is 0.283 e. The summed E-state index contributed by atoms with van der Waals surface area (Å²) in [5.74, 6) is 0. The quantitative estimate of drug-likeness (QED) is 0.188. The number of aryl methyl sites for hydroxylation is 1. The molecule has 0 N–H and O–H groups in total. The SMILES string of the molecule is Cc1cc2nc3sc4ccccc4n3c2cc1-c1cccc([Si](C)(c2ccccc2)c2ccccc2)c1. The lowest BCUT2D eigenvalue weighted by molar-refractivity contribution is 1.34. The van der Waals surface area contributed by atoms with E-state index in [2.05, 4.69) is 139 Å². The lowest BCUT2D eigenvalue weighted by atomic mass is 10.00.